The first-order valence-corrected chi connectivity index (χ1v) is 6.26. The molecule has 0 radical (unpaired) electrons. The number of aryl methyl sites for hydroxylation is 1. The third kappa shape index (κ3) is 2.20. The predicted molar refractivity (Wildman–Crippen MR) is 75.0 cm³/mol. The van der Waals surface area contributed by atoms with E-state index in [1.165, 1.54) is 16.6 Å². The third-order valence-electron chi connectivity index (χ3n) is 3.24. The molecule has 3 heteroatoms. The molecule has 1 aromatic heterocycles. The zero-order chi connectivity index (χ0) is 12.6. The van der Waals surface area contributed by atoms with Gasteiger partial charge in [-0.2, -0.15) is 0 Å². The number of hydrogen-bond donors (Lipinski definition) is 2. The summed E-state index contributed by atoms with van der Waals surface area (Å²) in [7, 11) is 1.99. The van der Waals surface area contributed by atoms with Crippen LogP contribution in [0.15, 0.2) is 18.2 Å². The molecule has 1 aromatic carbocycles. The summed E-state index contributed by atoms with van der Waals surface area (Å²) < 4.78 is 0. The molecule has 2 aromatic rings. The van der Waals surface area contributed by atoms with Crippen LogP contribution >= 0.6 is 11.6 Å². The molecule has 0 saturated heterocycles. The van der Waals surface area contributed by atoms with Gasteiger partial charge in [-0.25, -0.2) is 0 Å². The lowest BCUT2D eigenvalue weighted by molar-refractivity contribution is 0.495. The van der Waals surface area contributed by atoms with Crippen LogP contribution in [0.1, 0.15) is 25.1 Å². The van der Waals surface area contributed by atoms with E-state index in [2.05, 4.69) is 37.1 Å². The molecule has 2 nitrogen and oxygen atoms in total. The average Bonchev–Trinajstić information content (AvgIpc) is 2.53. The highest BCUT2D eigenvalue weighted by Crippen LogP contribution is 2.34. The molecule has 0 aliphatic carbocycles. The minimum absolute atomic E-state index is 0.102. The molecule has 0 saturated carbocycles. The Morgan fingerprint density at radius 2 is 2.06 bits per heavy atom. The van der Waals surface area contributed by atoms with Crippen LogP contribution in [0.4, 0.5) is 0 Å². The summed E-state index contributed by atoms with van der Waals surface area (Å²) >= 11 is 6.02. The van der Waals surface area contributed by atoms with E-state index in [9.17, 15) is 0 Å². The van der Waals surface area contributed by atoms with E-state index in [1.54, 1.807) is 0 Å². The monoisotopic (exact) mass is 250 g/mol. The maximum Gasteiger partial charge on any atom is 0.0474 e. The third-order valence-corrected chi connectivity index (χ3v) is 3.48. The molecule has 0 aliphatic heterocycles. The molecule has 2 N–H and O–H groups in total. The van der Waals surface area contributed by atoms with Gasteiger partial charge in [0.05, 0.1) is 0 Å². The van der Waals surface area contributed by atoms with E-state index in [4.69, 9.17) is 11.6 Å². The number of fused-ring (bicyclic) bond motifs is 1. The van der Waals surface area contributed by atoms with E-state index in [0.29, 0.717) is 0 Å². The molecule has 0 spiro atoms. The zero-order valence-corrected chi connectivity index (χ0v) is 11.6. The molecular formula is C14H19ClN2. The lowest BCUT2D eigenvalue weighted by Gasteiger charge is -2.25. The summed E-state index contributed by atoms with van der Waals surface area (Å²) in [5, 5.41) is 5.30. The van der Waals surface area contributed by atoms with Gasteiger partial charge in [0, 0.05) is 33.6 Å². The van der Waals surface area contributed by atoms with Gasteiger partial charge < -0.3 is 10.3 Å². The highest BCUT2D eigenvalue weighted by Gasteiger charge is 2.25. The molecule has 92 valence electrons. The number of hydrogen-bond acceptors (Lipinski definition) is 1. The van der Waals surface area contributed by atoms with Crippen LogP contribution in [0.2, 0.25) is 5.02 Å². The van der Waals surface area contributed by atoms with Gasteiger partial charge in [0.25, 0.3) is 0 Å². The van der Waals surface area contributed by atoms with Crippen molar-refractivity contribution in [3.05, 3.63) is 34.5 Å². The summed E-state index contributed by atoms with van der Waals surface area (Å²) in [6, 6.07) is 6.05. The fourth-order valence-electron chi connectivity index (χ4n) is 2.71. The topological polar surface area (TPSA) is 27.8 Å². The van der Waals surface area contributed by atoms with Crippen LogP contribution in [-0.4, -0.2) is 18.6 Å². The van der Waals surface area contributed by atoms with Gasteiger partial charge in [0.2, 0.25) is 0 Å². The van der Waals surface area contributed by atoms with E-state index < -0.39 is 0 Å². The van der Waals surface area contributed by atoms with Crippen molar-refractivity contribution in [2.24, 2.45) is 0 Å². The number of H-pyrrole nitrogens is 1. The minimum Gasteiger partial charge on any atom is -0.358 e. The van der Waals surface area contributed by atoms with Crippen molar-refractivity contribution in [2.45, 2.75) is 26.2 Å². The minimum atomic E-state index is 0.102. The Balaban J connectivity index is 2.64. The van der Waals surface area contributed by atoms with Gasteiger partial charge in [-0.15, -0.1) is 0 Å². The van der Waals surface area contributed by atoms with Crippen molar-refractivity contribution in [1.82, 2.24) is 10.3 Å². The summed E-state index contributed by atoms with van der Waals surface area (Å²) in [6.07, 6.45) is 0. The molecule has 1 heterocycles. The van der Waals surface area contributed by atoms with Gasteiger partial charge in [-0.05, 0) is 31.7 Å². The van der Waals surface area contributed by atoms with E-state index in [1.807, 2.05) is 19.2 Å². The Kier molecular flexibility index (Phi) is 3.19. The molecule has 0 fully saturated rings. The van der Waals surface area contributed by atoms with Gasteiger partial charge >= 0.3 is 0 Å². The van der Waals surface area contributed by atoms with Crippen LogP contribution in [-0.2, 0) is 5.41 Å². The van der Waals surface area contributed by atoms with Gasteiger partial charge in [-0.3, -0.25) is 0 Å². The van der Waals surface area contributed by atoms with Crippen molar-refractivity contribution < 1.29 is 0 Å². The number of halogens is 1. The summed E-state index contributed by atoms with van der Waals surface area (Å²) in [4.78, 5) is 3.42. The Morgan fingerprint density at radius 1 is 1.35 bits per heavy atom. The Morgan fingerprint density at radius 3 is 2.71 bits per heavy atom. The smallest absolute Gasteiger partial charge is 0.0474 e. The molecule has 0 atom stereocenters. The van der Waals surface area contributed by atoms with Gasteiger partial charge in [-0.1, -0.05) is 31.5 Å². The van der Waals surface area contributed by atoms with Crippen LogP contribution in [0.25, 0.3) is 10.9 Å². The molecular weight excluding hydrogens is 232 g/mol. The molecule has 0 unspecified atom stereocenters. The summed E-state index contributed by atoms with van der Waals surface area (Å²) in [5.41, 5.74) is 3.82. The second-order valence-electron chi connectivity index (χ2n) is 5.23. The average molecular weight is 251 g/mol. The fraction of sp³-hybridized carbons (Fsp3) is 0.429. The summed E-state index contributed by atoms with van der Waals surface area (Å²) in [5.74, 6) is 0. The van der Waals surface area contributed by atoms with Crippen LogP contribution in [0.5, 0.6) is 0 Å². The lowest BCUT2D eigenvalue weighted by atomic mass is 9.82. The van der Waals surface area contributed by atoms with Crippen LogP contribution < -0.4 is 5.32 Å². The van der Waals surface area contributed by atoms with Crippen molar-refractivity contribution in [3.8, 4) is 0 Å². The summed E-state index contributed by atoms with van der Waals surface area (Å²) in [6.45, 7) is 7.59. The SMILES string of the molecule is CNCC(C)(C)c1c(C)[nH]c2cc(Cl)ccc12. The van der Waals surface area contributed by atoms with Gasteiger partial charge in [0.15, 0.2) is 0 Å². The molecule has 17 heavy (non-hydrogen) atoms. The predicted octanol–water partition coefficient (Wildman–Crippen LogP) is 3.63. The molecule has 2 rings (SSSR count). The largest absolute Gasteiger partial charge is 0.358 e. The maximum atomic E-state index is 6.02. The van der Waals surface area contributed by atoms with Crippen molar-refractivity contribution >= 4 is 22.5 Å². The normalized spacial score (nSPS) is 12.3. The first-order valence-electron chi connectivity index (χ1n) is 5.88. The van der Waals surface area contributed by atoms with Crippen molar-refractivity contribution in [1.29, 1.82) is 0 Å². The molecule has 0 amide bonds. The molecule has 0 bridgehead atoms. The first-order chi connectivity index (χ1) is 7.95. The number of rotatable bonds is 3. The van der Waals surface area contributed by atoms with Crippen LogP contribution in [0, 0.1) is 6.92 Å². The highest BCUT2D eigenvalue weighted by molar-refractivity contribution is 6.31. The fourth-order valence-corrected chi connectivity index (χ4v) is 2.88. The number of benzene rings is 1. The van der Waals surface area contributed by atoms with Gasteiger partial charge in [0.1, 0.15) is 0 Å². The van der Waals surface area contributed by atoms with Crippen molar-refractivity contribution in [2.75, 3.05) is 13.6 Å². The van der Waals surface area contributed by atoms with E-state index in [-0.39, 0.29) is 5.41 Å². The second-order valence-corrected chi connectivity index (χ2v) is 5.67. The van der Waals surface area contributed by atoms with Crippen molar-refractivity contribution in [3.63, 3.8) is 0 Å². The number of aromatic nitrogens is 1. The van der Waals surface area contributed by atoms with E-state index in [0.717, 1.165) is 17.1 Å². The maximum absolute atomic E-state index is 6.02. The van der Waals surface area contributed by atoms with E-state index >= 15 is 0 Å². The highest BCUT2D eigenvalue weighted by atomic mass is 35.5. The Bertz CT molecular complexity index is 540. The molecule has 0 aliphatic rings. The number of nitrogens with one attached hydrogen (secondary N) is 2. The Labute approximate surface area is 107 Å². The number of likely N-dealkylation sites (N-methyl/N-ethyl adjacent to an activating group) is 1. The zero-order valence-electron chi connectivity index (χ0n) is 10.8. The standard InChI is InChI=1S/C14H19ClN2/c1-9-13(14(2,3)8-16-4)11-6-5-10(15)7-12(11)17-9/h5-7,16-17H,8H2,1-4H3. The second kappa shape index (κ2) is 4.35. The quantitative estimate of drug-likeness (QED) is 0.856. The first kappa shape index (κ1) is 12.5. The van der Waals surface area contributed by atoms with Crippen LogP contribution in [0.3, 0.4) is 0 Å². The lowest BCUT2D eigenvalue weighted by Crippen LogP contribution is -2.31. The Hall–Kier alpha value is -0.990. The number of aromatic amines is 1.